The van der Waals surface area contributed by atoms with Crippen molar-refractivity contribution in [3.63, 3.8) is 0 Å². The predicted molar refractivity (Wildman–Crippen MR) is 54.8 cm³/mol. The van der Waals surface area contributed by atoms with Crippen molar-refractivity contribution >= 4 is 17.5 Å². The smallest absolute Gasteiger partial charge is 0.223 e. The third-order valence-corrected chi connectivity index (χ3v) is 2.85. The second kappa shape index (κ2) is 4.66. The van der Waals surface area contributed by atoms with E-state index in [1.807, 2.05) is 4.90 Å². The molecule has 0 aromatic heterocycles. The quantitative estimate of drug-likeness (QED) is 0.504. The van der Waals surface area contributed by atoms with Crippen LogP contribution in [0.15, 0.2) is 12.2 Å². The molecule has 1 aliphatic rings. The Morgan fingerprint density at radius 3 is 2.92 bits per heavy atom. The van der Waals surface area contributed by atoms with Crippen LogP contribution < -0.4 is 0 Å². The summed E-state index contributed by atoms with van der Waals surface area (Å²) in [5, 5.41) is 0. The molecule has 2 nitrogen and oxygen atoms in total. The zero-order valence-corrected chi connectivity index (χ0v) is 8.81. The maximum Gasteiger partial charge on any atom is 0.223 e. The molecule has 1 aliphatic heterocycles. The van der Waals surface area contributed by atoms with Crippen molar-refractivity contribution in [1.29, 1.82) is 0 Å². The standard InChI is InChI=1S/C10H16ClNO/c1-3-9-4-10(13)12(7-9)6-8(2)5-11/h9H,2-7H2,1H3. The molecule has 3 heteroatoms. The molecule has 13 heavy (non-hydrogen) atoms. The van der Waals surface area contributed by atoms with Gasteiger partial charge in [-0.05, 0) is 11.5 Å². The number of nitrogens with zero attached hydrogens (tertiary/aromatic N) is 1. The van der Waals surface area contributed by atoms with Crippen LogP contribution in [0.3, 0.4) is 0 Å². The van der Waals surface area contributed by atoms with E-state index in [2.05, 4.69) is 13.5 Å². The van der Waals surface area contributed by atoms with Crippen LogP contribution in [-0.4, -0.2) is 29.8 Å². The Hall–Kier alpha value is -0.500. The molecule has 0 aliphatic carbocycles. The highest BCUT2D eigenvalue weighted by Crippen LogP contribution is 2.21. The summed E-state index contributed by atoms with van der Waals surface area (Å²) in [4.78, 5) is 13.3. The van der Waals surface area contributed by atoms with Crippen molar-refractivity contribution in [2.75, 3.05) is 19.0 Å². The molecule has 1 saturated heterocycles. The second-order valence-electron chi connectivity index (χ2n) is 3.64. The molecular weight excluding hydrogens is 186 g/mol. The molecule has 0 aromatic carbocycles. The summed E-state index contributed by atoms with van der Waals surface area (Å²) < 4.78 is 0. The number of hydrogen-bond acceptors (Lipinski definition) is 1. The van der Waals surface area contributed by atoms with E-state index in [1.165, 1.54) is 0 Å². The summed E-state index contributed by atoms with van der Waals surface area (Å²) in [5.41, 5.74) is 0.923. The Labute approximate surface area is 84.6 Å². The van der Waals surface area contributed by atoms with Gasteiger partial charge in [0.05, 0.1) is 0 Å². The highest BCUT2D eigenvalue weighted by atomic mass is 35.5. The summed E-state index contributed by atoms with van der Waals surface area (Å²) >= 11 is 5.61. The fraction of sp³-hybridized carbons (Fsp3) is 0.700. The van der Waals surface area contributed by atoms with Crippen LogP contribution in [0.4, 0.5) is 0 Å². The van der Waals surface area contributed by atoms with Gasteiger partial charge in [0.25, 0.3) is 0 Å². The van der Waals surface area contributed by atoms with Crippen LogP contribution in [-0.2, 0) is 4.79 Å². The lowest BCUT2D eigenvalue weighted by Crippen LogP contribution is -2.27. The Bertz CT molecular complexity index is 215. The number of alkyl halides is 1. The normalized spacial score (nSPS) is 22.5. The van der Waals surface area contributed by atoms with Gasteiger partial charge in [-0.1, -0.05) is 19.9 Å². The van der Waals surface area contributed by atoms with E-state index >= 15 is 0 Å². The van der Waals surface area contributed by atoms with E-state index in [-0.39, 0.29) is 5.91 Å². The lowest BCUT2D eigenvalue weighted by molar-refractivity contribution is -0.127. The molecule has 0 bridgehead atoms. The van der Waals surface area contributed by atoms with Crippen LogP contribution in [0.5, 0.6) is 0 Å². The largest absolute Gasteiger partial charge is 0.338 e. The Balaban J connectivity index is 2.43. The van der Waals surface area contributed by atoms with Gasteiger partial charge in [-0.2, -0.15) is 0 Å². The van der Waals surface area contributed by atoms with Crippen LogP contribution in [0, 0.1) is 5.92 Å². The molecule has 1 fully saturated rings. The van der Waals surface area contributed by atoms with Gasteiger partial charge in [0.15, 0.2) is 0 Å². The molecule has 1 unspecified atom stereocenters. The summed E-state index contributed by atoms with van der Waals surface area (Å²) in [5.74, 6) is 1.23. The van der Waals surface area contributed by atoms with Crippen molar-refractivity contribution in [1.82, 2.24) is 4.90 Å². The molecule has 0 N–H and O–H groups in total. The van der Waals surface area contributed by atoms with E-state index in [9.17, 15) is 4.79 Å². The van der Waals surface area contributed by atoms with Crippen LogP contribution in [0.25, 0.3) is 0 Å². The predicted octanol–water partition coefficient (Wildman–Crippen LogP) is 2.04. The van der Waals surface area contributed by atoms with E-state index in [0.29, 0.717) is 24.8 Å². The molecule has 74 valence electrons. The van der Waals surface area contributed by atoms with Gasteiger partial charge in [-0.15, -0.1) is 11.6 Å². The van der Waals surface area contributed by atoms with E-state index in [4.69, 9.17) is 11.6 Å². The monoisotopic (exact) mass is 201 g/mol. The van der Waals surface area contributed by atoms with Gasteiger partial charge in [0.2, 0.25) is 5.91 Å². The third-order valence-electron chi connectivity index (χ3n) is 2.48. The van der Waals surface area contributed by atoms with E-state index in [1.54, 1.807) is 0 Å². The first-order valence-electron chi connectivity index (χ1n) is 4.67. The molecule has 0 spiro atoms. The van der Waals surface area contributed by atoms with Gasteiger partial charge < -0.3 is 4.90 Å². The molecule has 1 heterocycles. The SMILES string of the molecule is C=C(CCl)CN1CC(CC)CC1=O. The van der Waals surface area contributed by atoms with Crippen molar-refractivity contribution in [2.45, 2.75) is 19.8 Å². The van der Waals surface area contributed by atoms with Crippen molar-refractivity contribution in [3.8, 4) is 0 Å². The van der Waals surface area contributed by atoms with Gasteiger partial charge in [-0.3, -0.25) is 4.79 Å². The third kappa shape index (κ3) is 2.73. The van der Waals surface area contributed by atoms with Gasteiger partial charge in [-0.25, -0.2) is 0 Å². The fourth-order valence-corrected chi connectivity index (χ4v) is 1.68. The summed E-state index contributed by atoms with van der Waals surface area (Å²) in [7, 11) is 0. The number of hydrogen-bond donors (Lipinski definition) is 0. The first-order chi connectivity index (χ1) is 6.17. The average Bonchev–Trinajstić information content (AvgIpc) is 2.47. The molecule has 1 rings (SSSR count). The minimum atomic E-state index is 0.248. The average molecular weight is 202 g/mol. The molecule has 1 amide bonds. The highest BCUT2D eigenvalue weighted by Gasteiger charge is 2.27. The van der Waals surface area contributed by atoms with Gasteiger partial charge in [0, 0.05) is 25.4 Å². The maximum atomic E-state index is 11.4. The molecular formula is C10H16ClNO. The molecule has 0 aromatic rings. The Morgan fingerprint density at radius 1 is 1.77 bits per heavy atom. The van der Waals surface area contributed by atoms with Crippen molar-refractivity contribution in [3.05, 3.63) is 12.2 Å². The summed E-state index contributed by atoms with van der Waals surface area (Å²) in [6.45, 7) is 7.44. The maximum absolute atomic E-state index is 11.4. The molecule has 1 atom stereocenters. The van der Waals surface area contributed by atoms with Crippen molar-refractivity contribution < 1.29 is 4.79 Å². The number of likely N-dealkylation sites (tertiary alicyclic amines) is 1. The lowest BCUT2D eigenvalue weighted by Gasteiger charge is -2.16. The minimum Gasteiger partial charge on any atom is -0.338 e. The molecule has 0 radical (unpaired) electrons. The topological polar surface area (TPSA) is 20.3 Å². The summed E-state index contributed by atoms with van der Waals surface area (Å²) in [6, 6.07) is 0. The Kier molecular flexibility index (Phi) is 3.79. The number of carbonyl (C=O) groups is 1. The van der Waals surface area contributed by atoms with Gasteiger partial charge >= 0.3 is 0 Å². The van der Waals surface area contributed by atoms with Crippen LogP contribution >= 0.6 is 11.6 Å². The van der Waals surface area contributed by atoms with Crippen LogP contribution in [0.1, 0.15) is 19.8 Å². The number of carbonyl (C=O) groups excluding carboxylic acids is 1. The summed E-state index contributed by atoms with van der Waals surface area (Å²) in [6.07, 6.45) is 1.78. The first kappa shape index (κ1) is 10.6. The van der Waals surface area contributed by atoms with Gasteiger partial charge in [0.1, 0.15) is 0 Å². The zero-order chi connectivity index (χ0) is 9.84. The molecule has 0 saturated carbocycles. The number of amides is 1. The second-order valence-corrected chi connectivity index (χ2v) is 3.90. The van der Waals surface area contributed by atoms with Crippen molar-refractivity contribution in [2.24, 2.45) is 5.92 Å². The number of halogens is 1. The van der Waals surface area contributed by atoms with E-state index in [0.717, 1.165) is 18.5 Å². The number of rotatable bonds is 4. The lowest BCUT2D eigenvalue weighted by atomic mass is 10.1. The van der Waals surface area contributed by atoms with E-state index < -0.39 is 0 Å². The Morgan fingerprint density at radius 2 is 2.46 bits per heavy atom. The minimum absolute atomic E-state index is 0.248. The van der Waals surface area contributed by atoms with Crippen LogP contribution in [0.2, 0.25) is 0 Å². The highest BCUT2D eigenvalue weighted by molar-refractivity contribution is 6.19. The zero-order valence-electron chi connectivity index (χ0n) is 8.05. The first-order valence-corrected chi connectivity index (χ1v) is 5.21. The fourth-order valence-electron chi connectivity index (χ4n) is 1.59.